The third-order valence-electron chi connectivity index (χ3n) is 4.01. The highest BCUT2D eigenvalue weighted by molar-refractivity contribution is 7.47. The molecule has 0 fully saturated rings. The van der Waals surface area contributed by atoms with E-state index in [0.717, 1.165) is 32.1 Å². The van der Waals surface area contributed by atoms with Crippen molar-refractivity contribution < 1.29 is 47.8 Å². The van der Waals surface area contributed by atoms with Crippen molar-refractivity contribution in [2.24, 2.45) is 0 Å². The van der Waals surface area contributed by atoms with Gasteiger partial charge in [0.25, 0.3) is 0 Å². The van der Waals surface area contributed by atoms with Crippen LogP contribution >= 0.6 is 7.82 Å². The van der Waals surface area contributed by atoms with Crippen LogP contribution in [0.1, 0.15) is 85.5 Å². The van der Waals surface area contributed by atoms with Gasteiger partial charge in [-0.3, -0.25) is 18.6 Å². The van der Waals surface area contributed by atoms with Gasteiger partial charge in [0, 0.05) is 12.8 Å². The SMILES string of the molecule is CC.CCCCCCCC(=O)OC[C@H](COP(=O)(O)OC[C@@H](O)CO)OC(=O)CCCC. The molecule has 0 bridgehead atoms. The number of ether oxygens (including phenoxy) is 2. The first-order chi connectivity index (χ1) is 15.2. The van der Waals surface area contributed by atoms with Gasteiger partial charge in [0.2, 0.25) is 0 Å². The first-order valence-electron chi connectivity index (χ1n) is 11.5. The molecule has 0 rings (SSSR count). The van der Waals surface area contributed by atoms with Gasteiger partial charge in [0.1, 0.15) is 12.7 Å². The van der Waals surface area contributed by atoms with E-state index in [-0.39, 0.29) is 19.4 Å². The normalized spacial score (nSPS) is 14.5. The first-order valence-corrected chi connectivity index (χ1v) is 13.0. The zero-order valence-corrected chi connectivity index (χ0v) is 20.9. The molecule has 0 aliphatic heterocycles. The van der Waals surface area contributed by atoms with Crippen molar-refractivity contribution >= 4 is 19.8 Å². The Morgan fingerprint density at radius 3 is 2.00 bits per heavy atom. The number of hydrogen-bond donors (Lipinski definition) is 3. The fourth-order valence-corrected chi connectivity index (χ4v) is 3.05. The smallest absolute Gasteiger partial charge is 0.462 e. The molecule has 0 aromatic carbocycles. The van der Waals surface area contributed by atoms with E-state index in [1.807, 2.05) is 20.8 Å². The number of carbonyl (C=O) groups excluding carboxylic acids is 2. The number of esters is 2. The maximum atomic E-state index is 11.9. The van der Waals surface area contributed by atoms with Crippen molar-refractivity contribution in [1.29, 1.82) is 0 Å². The zero-order valence-electron chi connectivity index (χ0n) is 20.0. The van der Waals surface area contributed by atoms with Gasteiger partial charge in [-0.2, -0.15) is 0 Å². The predicted octanol–water partition coefficient (Wildman–Crippen LogP) is 3.51. The summed E-state index contributed by atoms with van der Waals surface area (Å²) in [5.41, 5.74) is 0. The largest absolute Gasteiger partial charge is 0.472 e. The standard InChI is InChI=1S/C19H37O10P.C2H6/c1-3-5-7-8-9-11-18(22)26-14-17(29-19(23)10-6-4-2)15-28-30(24,25)27-13-16(21)12-20;1-2/h16-17,20-21H,3-15H2,1-2H3,(H,24,25);1-2H3/t16-,17+;/m0./s1. The second kappa shape index (κ2) is 21.8. The van der Waals surface area contributed by atoms with Gasteiger partial charge >= 0.3 is 19.8 Å². The lowest BCUT2D eigenvalue weighted by Crippen LogP contribution is -2.29. The van der Waals surface area contributed by atoms with Crippen LogP contribution in [-0.2, 0) is 32.7 Å². The van der Waals surface area contributed by atoms with E-state index in [1.165, 1.54) is 0 Å². The van der Waals surface area contributed by atoms with Crippen LogP contribution in [0.3, 0.4) is 0 Å². The van der Waals surface area contributed by atoms with Crippen LogP contribution in [0, 0.1) is 0 Å². The van der Waals surface area contributed by atoms with Crippen LogP contribution < -0.4 is 0 Å². The second-order valence-corrected chi connectivity index (χ2v) is 8.41. The number of carbonyl (C=O) groups is 2. The molecule has 0 aromatic rings. The van der Waals surface area contributed by atoms with Crippen LogP contribution in [0.4, 0.5) is 0 Å². The Hall–Kier alpha value is -1.03. The summed E-state index contributed by atoms with van der Waals surface area (Å²) in [5, 5.41) is 17.9. The van der Waals surface area contributed by atoms with Crippen molar-refractivity contribution in [2.45, 2.75) is 97.7 Å². The van der Waals surface area contributed by atoms with Gasteiger partial charge in [-0.05, 0) is 12.8 Å². The molecule has 10 nitrogen and oxygen atoms in total. The van der Waals surface area contributed by atoms with Gasteiger partial charge < -0.3 is 24.6 Å². The van der Waals surface area contributed by atoms with Crippen LogP contribution in [0.25, 0.3) is 0 Å². The Labute approximate surface area is 192 Å². The Kier molecular flexibility index (Phi) is 22.6. The summed E-state index contributed by atoms with van der Waals surface area (Å²) in [6.45, 7) is 5.90. The van der Waals surface area contributed by atoms with Gasteiger partial charge in [-0.15, -0.1) is 0 Å². The van der Waals surface area contributed by atoms with Crippen LogP contribution in [0.5, 0.6) is 0 Å². The van der Waals surface area contributed by atoms with Gasteiger partial charge in [0.15, 0.2) is 6.10 Å². The molecule has 11 heteroatoms. The summed E-state index contributed by atoms with van der Waals surface area (Å²) < 4.78 is 31.5. The van der Waals surface area contributed by atoms with Gasteiger partial charge in [-0.25, -0.2) is 4.57 Å². The monoisotopic (exact) mass is 486 g/mol. The summed E-state index contributed by atoms with van der Waals surface area (Å²) >= 11 is 0. The minimum absolute atomic E-state index is 0.161. The average Bonchev–Trinajstić information content (AvgIpc) is 2.79. The van der Waals surface area contributed by atoms with E-state index >= 15 is 0 Å². The van der Waals surface area contributed by atoms with Crippen LogP contribution in [-0.4, -0.2) is 65.7 Å². The minimum Gasteiger partial charge on any atom is -0.462 e. The molecule has 0 aliphatic rings. The molecule has 0 saturated heterocycles. The number of unbranched alkanes of at least 4 members (excludes halogenated alkanes) is 5. The van der Waals surface area contributed by atoms with Crippen molar-refractivity contribution in [3.63, 3.8) is 0 Å². The number of hydrogen-bond acceptors (Lipinski definition) is 9. The second-order valence-electron chi connectivity index (χ2n) is 6.96. The number of rotatable bonds is 19. The summed E-state index contributed by atoms with van der Waals surface area (Å²) in [6, 6.07) is 0. The molecule has 0 spiro atoms. The van der Waals surface area contributed by atoms with E-state index in [0.29, 0.717) is 12.8 Å². The molecule has 0 heterocycles. The molecule has 3 N–H and O–H groups in total. The van der Waals surface area contributed by atoms with Crippen molar-refractivity contribution in [3.05, 3.63) is 0 Å². The molecule has 32 heavy (non-hydrogen) atoms. The third-order valence-corrected chi connectivity index (χ3v) is 4.96. The van der Waals surface area contributed by atoms with Crippen LogP contribution in [0.15, 0.2) is 0 Å². The number of aliphatic hydroxyl groups excluding tert-OH is 2. The molecule has 1 unspecified atom stereocenters. The molecule has 192 valence electrons. The van der Waals surface area contributed by atoms with Gasteiger partial charge in [0.05, 0.1) is 19.8 Å². The summed E-state index contributed by atoms with van der Waals surface area (Å²) in [5.74, 6) is -0.985. The average molecular weight is 487 g/mol. The minimum atomic E-state index is -4.56. The van der Waals surface area contributed by atoms with E-state index in [4.69, 9.17) is 19.1 Å². The van der Waals surface area contributed by atoms with Crippen LogP contribution in [0.2, 0.25) is 0 Å². The molecule has 0 saturated carbocycles. The number of phosphoric ester groups is 1. The molecule has 0 aromatic heterocycles. The molecule has 3 atom stereocenters. The highest BCUT2D eigenvalue weighted by atomic mass is 31.2. The zero-order chi connectivity index (χ0) is 24.8. The lowest BCUT2D eigenvalue weighted by Gasteiger charge is -2.20. The number of aliphatic hydroxyl groups is 2. The Balaban J connectivity index is 0. The summed E-state index contributed by atoms with van der Waals surface area (Å²) in [6.07, 6.45) is 4.27. The predicted molar refractivity (Wildman–Crippen MR) is 120 cm³/mol. The quantitative estimate of drug-likeness (QED) is 0.141. The van der Waals surface area contributed by atoms with E-state index < -0.39 is 51.8 Å². The highest BCUT2D eigenvalue weighted by Gasteiger charge is 2.27. The maximum Gasteiger partial charge on any atom is 0.472 e. The van der Waals surface area contributed by atoms with E-state index in [9.17, 15) is 24.2 Å². The fraction of sp³-hybridized carbons (Fsp3) is 0.905. The lowest BCUT2D eigenvalue weighted by molar-refractivity contribution is -0.161. The lowest BCUT2D eigenvalue weighted by atomic mass is 10.1. The summed E-state index contributed by atoms with van der Waals surface area (Å²) in [7, 11) is -4.56. The van der Waals surface area contributed by atoms with E-state index in [2.05, 4.69) is 11.4 Å². The number of phosphoric acid groups is 1. The van der Waals surface area contributed by atoms with E-state index in [1.54, 1.807) is 0 Å². The Bertz CT molecular complexity index is 515. The first kappa shape index (κ1) is 33.1. The van der Waals surface area contributed by atoms with Crippen molar-refractivity contribution in [1.82, 2.24) is 0 Å². The fourth-order valence-electron chi connectivity index (χ4n) is 2.26. The van der Waals surface area contributed by atoms with Gasteiger partial charge in [-0.1, -0.05) is 59.8 Å². The Morgan fingerprint density at radius 2 is 1.41 bits per heavy atom. The maximum absolute atomic E-state index is 11.9. The summed E-state index contributed by atoms with van der Waals surface area (Å²) in [4.78, 5) is 33.3. The highest BCUT2D eigenvalue weighted by Crippen LogP contribution is 2.43. The molecule has 0 aliphatic carbocycles. The molecular weight excluding hydrogens is 443 g/mol. The van der Waals surface area contributed by atoms with Crippen molar-refractivity contribution in [3.8, 4) is 0 Å². The molecule has 0 amide bonds. The third kappa shape index (κ3) is 20.8. The molecular formula is C21H43O10P. The van der Waals surface area contributed by atoms with Crippen molar-refractivity contribution in [2.75, 3.05) is 26.4 Å². The Morgan fingerprint density at radius 1 is 0.844 bits per heavy atom. The topological polar surface area (TPSA) is 149 Å². The molecule has 0 radical (unpaired) electrons.